The van der Waals surface area contributed by atoms with Crippen LogP contribution in [-0.4, -0.2) is 11.9 Å². The van der Waals surface area contributed by atoms with Gasteiger partial charge in [0.25, 0.3) is 0 Å². The van der Waals surface area contributed by atoms with Crippen LogP contribution >= 0.6 is 11.6 Å². The molecule has 0 aliphatic heterocycles. The van der Waals surface area contributed by atoms with Crippen LogP contribution in [0, 0.1) is 11.3 Å². The molecule has 1 saturated carbocycles. The van der Waals surface area contributed by atoms with Crippen LogP contribution < -0.4 is 10.5 Å². The van der Waals surface area contributed by atoms with E-state index in [9.17, 15) is 0 Å². The van der Waals surface area contributed by atoms with E-state index in [1.54, 1.807) is 18.2 Å². The van der Waals surface area contributed by atoms with E-state index in [0.29, 0.717) is 16.3 Å². The van der Waals surface area contributed by atoms with Gasteiger partial charge in [-0.2, -0.15) is 0 Å². The van der Waals surface area contributed by atoms with Gasteiger partial charge in [-0.25, -0.2) is 0 Å². The fourth-order valence-corrected chi connectivity index (χ4v) is 2.52. The molecule has 0 heterocycles. The van der Waals surface area contributed by atoms with Crippen molar-refractivity contribution in [2.45, 2.75) is 38.7 Å². The highest BCUT2D eigenvalue weighted by Crippen LogP contribution is 2.31. The van der Waals surface area contributed by atoms with E-state index in [4.69, 9.17) is 27.5 Å². The summed E-state index contributed by atoms with van der Waals surface area (Å²) in [4.78, 5) is 0. The number of nitrogens with one attached hydrogen (secondary N) is 1. The average Bonchev–Trinajstić information content (AvgIpc) is 2.34. The highest BCUT2D eigenvalue weighted by atomic mass is 35.5. The first-order valence-corrected chi connectivity index (χ1v) is 6.74. The van der Waals surface area contributed by atoms with Crippen LogP contribution in [0.3, 0.4) is 0 Å². The van der Waals surface area contributed by atoms with Crippen molar-refractivity contribution < 1.29 is 4.74 Å². The van der Waals surface area contributed by atoms with Crippen LogP contribution in [0.5, 0.6) is 5.75 Å². The normalized spacial score (nSPS) is 23.7. The van der Waals surface area contributed by atoms with Gasteiger partial charge in [-0.1, -0.05) is 18.5 Å². The van der Waals surface area contributed by atoms with E-state index in [0.717, 1.165) is 18.8 Å². The molecule has 0 saturated heterocycles. The Morgan fingerprint density at radius 2 is 2.00 bits per heavy atom. The molecule has 3 N–H and O–H groups in total. The number of rotatable bonds is 3. The Balaban J connectivity index is 2.03. The fraction of sp³-hybridized carbons (Fsp3) is 0.500. The number of hydrogen-bond donors (Lipinski definition) is 2. The van der Waals surface area contributed by atoms with Crippen molar-refractivity contribution in [2.24, 2.45) is 11.7 Å². The summed E-state index contributed by atoms with van der Waals surface area (Å²) in [5.74, 6) is 1.52. The molecule has 0 aromatic heterocycles. The zero-order valence-electron chi connectivity index (χ0n) is 10.6. The van der Waals surface area contributed by atoms with Gasteiger partial charge in [-0.15, -0.1) is 0 Å². The van der Waals surface area contributed by atoms with E-state index in [2.05, 4.69) is 6.92 Å². The summed E-state index contributed by atoms with van der Waals surface area (Å²) in [6.07, 6.45) is 4.88. The summed E-state index contributed by atoms with van der Waals surface area (Å²) >= 11 is 6.14. The summed E-state index contributed by atoms with van der Waals surface area (Å²) in [5, 5.41) is 7.88. The first-order valence-electron chi connectivity index (χ1n) is 6.37. The standard InChI is InChI=1S/C14H19ClN2O/c1-9-2-5-11(6-3-9)18-13-7-4-10(14(16)17)8-12(13)15/h4,7-9,11H,2-3,5-6H2,1H3,(H3,16,17). The Hall–Kier alpha value is -1.22. The monoisotopic (exact) mass is 266 g/mol. The SMILES string of the molecule is CC1CCC(Oc2ccc(C(=N)N)cc2Cl)CC1. The van der Waals surface area contributed by atoms with Crippen LogP contribution in [0.1, 0.15) is 38.2 Å². The molecule has 1 aromatic rings. The zero-order valence-corrected chi connectivity index (χ0v) is 11.3. The highest BCUT2D eigenvalue weighted by Gasteiger charge is 2.20. The molecule has 1 aliphatic rings. The molecule has 0 unspecified atom stereocenters. The van der Waals surface area contributed by atoms with Gasteiger partial charge in [0, 0.05) is 5.56 Å². The molecule has 98 valence electrons. The maximum Gasteiger partial charge on any atom is 0.138 e. The van der Waals surface area contributed by atoms with Gasteiger partial charge in [0.05, 0.1) is 11.1 Å². The number of hydrogen-bond acceptors (Lipinski definition) is 2. The van der Waals surface area contributed by atoms with Crippen molar-refractivity contribution in [1.29, 1.82) is 5.41 Å². The smallest absolute Gasteiger partial charge is 0.138 e. The summed E-state index contributed by atoms with van der Waals surface area (Å²) in [6, 6.07) is 5.26. The van der Waals surface area contributed by atoms with Crippen molar-refractivity contribution in [3.05, 3.63) is 28.8 Å². The molecule has 1 fully saturated rings. The molecule has 4 heteroatoms. The van der Waals surface area contributed by atoms with Crippen molar-refractivity contribution in [3.63, 3.8) is 0 Å². The third-order valence-electron chi connectivity index (χ3n) is 3.50. The van der Waals surface area contributed by atoms with E-state index in [-0.39, 0.29) is 11.9 Å². The van der Waals surface area contributed by atoms with E-state index < -0.39 is 0 Å². The number of ether oxygens (including phenoxy) is 1. The number of halogens is 1. The lowest BCUT2D eigenvalue weighted by Crippen LogP contribution is -2.23. The minimum absolute atomic E-state index is 0.0231. The average molecular weight is 267 g/mol. The van der Waals surface area contributed by atoms with Crippen molar-refractivity contribution >= 4 is 17.4 Å². The van der Waals surface area contributed by atoms with E-state index in [1.807, 2.05) is 0 Å². The second-order valence-electron chi connectivity index (χ2n) is 5.06. The molecule has 0 amide bonds. The summed E-state index contributed by atoms with van der Waals surface area (Å²) in [5.41, 5.74) is 6.05. The maximum atomic E-state index is 7.36. The van der Waals surface area contributed by atoms with Gasteiger partial charge in [0.15, 0.2) is 0 Å². The Kier molecular flexibility index (Phi) is 4.12. The minimum Gasteiger partial charge on any atom is -0.489 e. The Labute approximate surface area is 113 Å². The zero-order chi connectivity index (χ0) is 13.1. The minimum atomic E-state index is 0.0231. The predicted molar refractivity (Wildman–Crippen MR) is 74.5 cm³/mol. The molecule has 1 aromatic carbocycles. The fourth-order valence-electron chi connectivity index (χ4n) is 2.29. The predicted octanol–water partition coefficient (Wildman–Crippen LogP) is 3.58. The molecule has 0 spiro atoms. The number of benzene rings is 1. The summed E-state index contributed by atoms with van der Waals surface area (Å²) < 4.78 is 5.93. The number of nitrogens with two attached hydrogens (primary N) is 1. The van der Waals surface area contributed by atoms with Crippen LogP contribution in [0.2, 0.25) is 5.02 Å². The molecular weight excluding hydrogens is 248 g/mol. The van der Waals surface area contributed by atoms with E-state index in [1.165, 1.54) is 12.8 Å². The van der Waals surface area contributed by atoms with Gasteiger partial charge in [0.2, 0.25) is 0 Å². The van der Waals surface area contributed by atoms with Gasteiger partial charge in [-0.05, 0) is 49.8 Å². The first kappa shape index (κ1) is 13.2. The molecule has 0 atom stereocenters. The Bertz CT molecular complexity index is 439. The van der Waals surface area contributed by atoms with Gasteiger partial charge < -0.3 is 10.5 Å². The molecule has 0 bridgehead atoms. The molecular formula is C14H19ClN2O. The lowest BCUT2D eigenvalue weighted by molar-refractivity contribution is 0.135. The maximum absolute atomic E-state index is 7.36. The van der Waals surface area contributed by atoms with Gasteiger partial charge in [-0.3, -0.25) is 5.41 Å². The van der Waals surface area contributed by atoms with E-state index >= 15 is 0 Å². The van der Waals surface area contributed by atoms with Crippen molar-refractivity contribution in [3.8, 4) is 5.75 Å². The number of amidine groups is 1. The molecule has 3 nitrogen and oxygen atoms in total. The highest BCUT2D eigenvalue weighted by molar-refractivity contribution is 6.32. The van der Waals surface area contributed by atoms with Crippen LogP contribution in [-0.2, 0) is 0 Å². The topological polar surface area (TPSA) is 59.1 Å². The quantitative estimate of drug-likeness (QED) is 0.649. The first-order chi connectivity index (χ1) is 8.56. The largest absolute Gasteiger partial charge is 0.489 e. The summed E-state index contributed by atoms with van der Waals surface area (Å²) in [6.45, 7) is 2.28. The molecule has 0 radical (unpaired) electrons. The van der Waals surface area contributed by atoms with Crippen LogP contribution in [0.4, 0.5) is 0 Å². The van der Waals surface area contributed by atoms with Crippen LogP contribution in [0.25, 0.3) is 0 Å². The second-order valence-corrected chi connectivity index (χ2v) is 5.47. The molecule has 1 aliphatic carbocycles. The third-order valence-corrected chi connectivity index (χ3v) is 3.79. The third kappa shape index (κ3) is 3.16. The lowest BCUT2D eigenvalue weighted by Gasteiger charge is -2.27. The molecule has 18 heavy (non-hydrogen) atoms. The van der Waals surface area contributed by atoms with Gasteiger partial charge >= 0.3 is 0 Å². The van der Waals surface area contributed by atoms with Crippen molar-refractivity contribution in [1.82, 2.24) is 0 Å². The summed E-state index contributed by atoms with van der Waals surface area (Å²) in [7, 11) is 0. The number of nitrogen functional groups attached to an aromatic ring is 1. The molecule has 2 rings (SSSR count). The lowest BCUT2D eigenvalue weighted by atomic mass is 9.89. The van der Waals surface area contributed by atoms with Crippen molar-refractivity contribution in [2.75, 3.05) is 0 Å². The Morgan fingerprint density at radius 1 is 1.33 bits per heavy atom. The van der Waals surface area contributed by atoms with Gasteiger partial charge in [0.1, 0.15) is 11.6 Å². The Morgan fingerprint density at radius 3 is 2.56 bits per heavy atom. The second kappa shape index (κ2) is 5.61. The van der Waals surface area contributed by atoms with Crippen LogP contribution in [0.15, 0.2) is 18.2 Å².